The molecule has 1 atom stereocenters. The summed E-state index contributed by atoms with van der Waals surface area (Å²) in [5.41, 5.74) is 1.85. The number of amides is 2. The zero-order valence-corrected chi connectivity index (χ0v) is 20.7. The lowest BCUT2D eigenvalue weighted by Crippen LogP contribution is -2.63. The van der Waals surface area contributed by atoms with Crippen LogP contribution in [0.1, 0.15) is 60.1 Å². The number of benzene rings is 2. The molecule has 2 aromatic carbocycles. The maximum absolute atomic E-state index is 14.5. The van der Waals surface area contributed by atoms with Crippen molar-refractivity contribution in [2.24, 2.45) is 0 Å². The minimum Gasteiger partial charge on any atom is -0.463 e. The normalized spacial score (nSPS) is 20.6. The lowest BCUT2D eigenvalue weighted by Gasteiger charge is -2.47. The fraction of sp³-hybridized carbons (Fsp3) is 0.333. The van der Waals surface area contributed by atoms with E-state index in [9.17, 15) is 14.0 Å². The van der Waals surface area contributed by atoms with Crippen LogP contribution < -0.4 is 5.32 Å². The first-order valence-electron chi connectivity index (χ1n) is 13.1. The predicted molar refractivity (Wildman–Crippen MR) is 138 cm³/mol. The Hall–Kier alpha value is -3.87. The van der Waals surface area contributed by atoms with E-state index in [4.69, 9.17) is 4.42 Å². The first-order valence-corrected chi connectivity index (χ1v) is 13.1. The van der Waals surface area contributed by atoms with E-state index in [2.05, 4.69) is 5.32 Å². The molecule has 6 rings (SSSR count). The molecule has 37 heavy (non-hydrogen) atoms. The minimum atomic E-state index is -1.33. The van der Waals surface area contributed by atoms with E-state index in [1.807, 2.05) is 41.0 Å². The monoisotopic (exact) mass is 499 g/mol. The number of carbonyl (C=O) groups excluding carboxylic acids is 2. The topological polar surface area (TPSA) is 67.5 Å². The standard InChI is InChI=1S/C30H30FN3O3/c31-23-12-8-9-21(17-23)19-34-28(35)26-18-27-25(15-16-37-27)33(26)20-30(34,22-10-4-3-5-11-22)29(36)32-24-13-6-1-2-7-14-24/h3-5,8-12,15-18,24H,1-2,6-7,13-14,19-20H2,(H,32,36). The van der Waals surface area contributed by atoms with Gasteiger partial charge < -0.3 is 19.2 Å². The summed E-state index contributed by atoms with van der Waals surface area (Å²) in [6, 6.07) is 19.3. The van der Waals surface area contributed by atoms with Crippen molar-refractivity contribution >= 4 is 22.9 Å². The lowest BCUT2D eigenvalue weighted by atomic mass is 9.83. The molecule has 2 aliphatic rings. The van der Waals surface area contributed by atoms with Crippen molar-refractivity contribution in [2.75, 3.05) is 0 Å². The molecule has 0 spiro atoms. The van der Waals surface area contributed by atoms with Gasteiger partial charge in [0.05, 0.1) is 18.3 Å². The summed E-state index contributed by atoms with van der Waals surface area (Å²) in [6.45, 7) is 0.325. The fourth-order valence-corrected chi connectivity index (χ4v) is 5.99. The third-order valence-electron chi connectivity index (χ3n) is 7.88. The van der Waals surface area contributed by atoms with Gasteiger partial charge in [0.1, 0.15) is 11.5 Å². The Kier molecular flexibility index (Phi) is 6.07. The van der Waals surface area contributed by atoms with Gasteiger partial charge >= 0.3 is 0 Å². The van der Waals surface area contributed by atoms with Crippen molar-refractivity contribution in [3.05, 3.63) is 95.6 Å². The summed E-state index contributed by atoms with van der Waals surface area (Å²) in [6.07, 6.45) is 7.94. The van der Waals surface area contributed by atoms with Crippen LogP contribution in [-0.2, 0) is 23.4 Å². The Bertz CT molecular complexity index is 1430. The largest absolute Gasteiger partial charge is 0.463 e. The summed E-state index contributed by atoms with van der Waals surface area (Å²) < 4.78 is 21.7. The van der Waals surface area contributed by atoms with Gasteiger partial charge in [0.15, 0.2) is 11.1 Å². The quantitative estimate of drug-likeness (QED) is 0.355. The van der Waals surface area contributed by atoms with Crippen LogP contribution in [0.4, 0.5) is 4.39 Å². The number of fused-ring (bicyclic) bond motifs is 3. The van der Waals surface area contributed by atoms with E-state index in [0.29, 0.717) is 16.8 Å². The highest BCUT2D eigenvalue weighted by molar-refractivity contribution is 6.03. The molecule has 0 radical (unpaired) electrons. The highest BCUT2D eigenvalue weighted by Gasteiger charge is 2.53. The highest BCUT2D eigenvalue weighted by Crippen LogP contribution is 2.40. The van der Waals surface area contributed by atoms with Gasteiger partial charge in [0.2, 0.25) is 0 Å². The van der Waals surface area contributed by atoms with E-state index in [1.165, 1.54) is 25.0 Å². The van der Waals surface area contributed by atoms with Gasteiger partial charge in [-0.1, -0.05) is 68.1 Å². The SMILES string of the molecule is O=C1c2cc3occc3n2CC(C(=O)NC2CCCCCC2)(c2ccccc2)N1Cc1cccc(F)c1. The third-order valence-corrected chi connectivity index (χ3v) is 7.88. The molecule has 7 heteroatoms. The molecule has 1 aliphatic carbocycles. The van der Waals surface area contributed by atoms with Crippen LogP contribution in [0.25, 0.3) is 11.1 Å². The Balaban J connectivity index is 1.52. The van der Waals surface area contributed by atoms with Gasteiger partial charge in [-0.3, -0.25) is 9.59 Å². The van der Waals surface area contributed by atoms with Crippen molar-refractivity contribution in [2.45, 2.75) is 63.2 Å². The van der Waals surface area contributed by atoms with Crippen molar-refractivity contribution in [1.82, 2.24) is 14.8 Å². The van der Waals surface area contributed by atoms with E-state index in [0.717, 1.165) is 36.8 Å². The predicted octanol–water partition coefficient (Wildman–Crippen LogP) is 5.76. The summed E-state index contributed by atoms with van der Waals surface area (Å²) in [7, 11) is 0. The zero-order chi connectivity index (χ0) is 25.4. The van der Waals surface area contributed by atoms with Crippen molar-refractivity contribution in [3.8, 4) is 0 Å². The molecule has 1 saturated carbocycles. The van der Waals surface area contributed by atoms with Crippen LogP contribution in [0.3, 0.4) is 0 Å². The second-order valence-electron chi connectivity index (χ2n) is 10.2. The minimum absolute atomic E-state index is 0.0571. The molecular weight excluding hydrogens is 469 g/mol. The van der Waals surface area contributed by atoms with Crippen LogP contribution in [0.15, 0.2) is 77.4 Å². The number of hydrogen-bond donors (Lipinski definition) is 1. The number of rotatable bonds is 5. The molecule has 1 aliphatic heterocycles. The van der Waals surface area contributed by atoms with Crippen LogP contribution in [0, 0.1) is 5.82 Å². The maximum Gasteiger partial charge on any atom is 0.272 e. The molecule has 6 nitrogen and oxygen atoms in total. The Morgan fingerprint density at radius 1 is 1.00 bits per heavy atom. The van der Waals surface area contributed by atoms with Gasteiger partial charge in [-0.15, -0.1) is 0 Å². The van der Waals surface area contributed by atoms with Gasteiger partial charge in [0, 0.05) is 24.7 Å². The number of halogens is 1. The highest BCUT2D eigenvalue weighted by atomic mass is 19.1. The summed E-state index contributed by atoms with van der Waals surface area (Å²) in [4.78, 5) is 30.3. The average molecular weight is 500 g/mol. The van der Waals surface area contributed by atoms with Crippen LogP contribution in [-0.4, -0.2) is 27.3 Å². The zero-order valence-electron chi connectivity index (χ0n) is 20.7. The first kappa shape index (κ1) is 23.5. The summed E-state index contributed by atoms with van der Waals surface area (Å²) in [5.74, 6) is -0.871. The van der Waals surface area contributed by atoms with Crippen molar-refractivity contribution in [3.63, 3.8) is 0 Å². The smallest absolute Gasteiger partial charge is 0.272 e. The van der Waals surface area contributed by atoms with E-state index < -0.39 is 5.54 Å². The molecule has 2 aromatic heterocycles. The molecule has 3 heterocycles. The van der Waals surface area contributed by atoms with E-state index in [1.54, 1.807) is 29.4 Å². The Morgan fingerprint density at radius 2 is 1.78 bits per heavy atom. The van der Waals surface area contributed by atoms with Gasteiger partial charge in [-0.2, -0.15) is 0 Å². The van der Waals surface area contributed by atoms with Gasteiger partial charge in [0.25, 0.3) is 11.8 Å². The van der Waals surface area contributed by atoms with Crippen molar-refractivity contribution < 1.29 is 18.4 Å². The second-order valence-corrected chi connectivity index (χ2v) is 10.2. The van der Waals surface area contributed by atoms with Gasteiger partial charge in [-0.05, 0) is 36.1 Å². The number of nitrogens with zero attached hydrogens (tertiary/aromatic N) is 2. The maximum atomic E-state index is 14.5. The van der Waals surface area contributed by atoms with E-state index in [-0.39, 0.29) is 36.8 Å². The second kappa shape index (κ2) is 9.54. The molecule has 1 fully saturated rings. The summed E-state index contributed by atoms with van der Waals surface area (Å²) in [5, 5.41) is 3.34. The Labute approximate surface area is 215 Å². The molecule has 0 saturated heterocycles. The average Bonchev–Trinajstić information content (AvgIpc) is 3.40. The third kappa shape index (κ3) is 4.12. The van der Waals surface area contributed by atoms with E-state index >= 15 is 0 Å². The number of nitrogens with one attached hydrogen (secondary N) is 1. The molecule has 4 aromatic rings. The number of aromatic nitrogens is 1. The molecular formula is C30H30FN3O3. The molecule has 1 unspecified atom stereocenters. The van der Waals surface area contributed by atoms with Crippen molar-refractivity contribution in [1.29, 1.82) is 0 Å². The van der Waals surface area contributed by atoms with Crippen LogP contribution in [0.2, 0.25) is 0 Å². The first-order chi connectivity index (χ1) is 18.1. The molecule has 1 N–H and O–H groups in total. The lowest BCUT2D eigenvalue weighted by molar-refractivity contribution is -0.136. The number of furan rings is 1. The van der Waals surface area contributed by atoms with Crippen LogP contribution >= 0.6 is 0 Å². The van der Waals surface area contributed by atoms with Gasteiger partial charge in [-0.25, -0.2) is 4.39 Å². The fourth-order valence-electron chi connectivity index (χ4n) is 5.99. The van der Waals surface area contributed by atoms with Crippen LogP contribution in [0.5, 0.6) is 0 Å². The molecule has 2 amide bonds. The number of hydrogen-bond acceptors (Lipinski definition) is 3. The molecule has 190 valence electrons. The molecule has 0 bridgehead atoms. The summed E-state index contributed by atoms with van der Waals surface area (Å²) >= 11 is 0. The Morgan fingerprint density at radius 3 is 2.54 bits per heavy atom. The number of carbonyl (C=O) groups is 2.